The number of anilines is 1. The molecule has 0 saturated carbocycles. The molecule has 1 aromatic rings. The lowest BCUT2D eigenvalue weighted by molar-refractivity contribution is -0.117. The number of nitrogens with one attached hydrogen (secondary N) is 2. The number of halogens is 1. The van der Waals surface area contributed by atoms with Gasteiger partial charge in [-0.3, -0.25) is 4.79 Å². The molecule has 1 heterocycles. The number of aryl methyl sites for hydroxylation is 1. The van der Waals surface area contributed by atoms with Gasteiger partial charge in [0.25, 0.3) is 0 Å². The summed E-state index contributed by atoms with van der Waals surface area (Å²) in [6.07, 6.45) is 2.61. The van der Waals surface area contributed by atoms with Gasteiger partial charge in [0.1, 0.15) is 0 Å². The number of piperidine rings is 1. The second-order valence-electron chi connectivity index (χ2n) is 6.77. The van der Waals surface area contributed by atoms with Gasteiger partial charge >= 0.3 is 0 Å². The van der Waals surface area contributed by atoms with E-state index in [1.807, 2.05) is 6.92 Å². The molecule has 1 aliphatic rings. The molecule has 0 spiro atoms. The van der Waals surface area contributed by atoms with E-state index < -0.39 is 10.0 Å². The zero-order valence-electron chi connectivity index (χ0n) is 15.0. The van der Waals surface area contributed by atoms with Crippen molar-refractivity contribution in [1.29, 1.82) is 0 Å². The molecule has 25 heavy (non-hydrogen) atoms. The maximum atomic E-state index is 12.4. The summed E-state index contributed by atoms with van der Waals surface area (Å²) in [4.78, 5) is 12.4. The van der Waals surface area contributed by atoms with Crippen molar-refractivity contribution in [1.82, 2.24) is 5.32 Å². The number of hydrogen-bond donors (Lipinski definition) is 3. The highest BCUT2D eigenvalue weighted by atomic mass is 35.5. The molecule has 1 atom stereocenters. The average Bonchev–Trinajstić information content (AvgIpc) is 2.51. The Morgan fingerprint density at radius 1 is 1.32 bits per heavy atom. The third-order valence-corrected chi connectivity index (χ3v) is 5.83. The molecule has 6 nitrogen and oxygen atoms in total. The number of hydrogen-bond acceptors (Lipinski definition) is 4. The Morgan fingerprint density at radius 3 is 2.48 bits per heavy atom. The second-order valence-corrected chi connectivity index (χ2v) is 8.34. The summed E-state index contributed by atoms with van der Waals surface area (Å²) in [5.41, 5.74) is 2.15. The lowest BCUT2D eigenvalue weighted by atomic mass is 9.84. The lowest BCUT2D eigenvalue weighted by Crippen LogP contribution is -2.32. The van der Waals surface area contributed by atoms with Crippen LogP contribution in [0.1, 0.15) is 37.3 Å². The van der Waals surface area contributed by atoms with E-state index in [-0.39, 0.29) is 23.2 Å². The van der Waals surface area contributed by atoms with Crippen molar-refractivity contribution in [3.63, 3.8) is 0 Å². The van der Waals surface area contributed by atoms with Crippen LogP contribution in [0.4, 0.5) is 5.69 Å². The van der Waals surface area contributed by atoms with Crippen LogP contribution in [0.15, 0.2) is 17.0 Å². The molecule has 0 aromatic heterocycles. The van der Waals surface area contributed by atoms with Crippen molar-refractivity contribution in [3.8, 4) is 0 Å². The van der Waals surface area contributed by atoms with Crippen LogP contribution in [0.2, 0.25) is 0 Å². The molecule has 0 bridgehead atoms. The standard InChI is InChI=1S/C17H27N3O3S.ClH/c1-11-8-15(24(18,22)23)10-16(13(11)3)20-17(21)9-12(2)14-4-6-19-7-5-14;/h8,10,12,14,19H,4-7,9H2,1-3H3,(H,20,21)(H2,18,22,23);1H. The highest BCUT2D eigenvalue weighted by Gasteiger charge is 2.22. The topological polar surface area (TPSA) is 101 Å². The molecular weight excluding hydrogens is 362 g/mol. The largest absolute Gasteiger partial charge is 0.326 e. The molecular formula is C17H28ClN3O3S. The van der Waals surface area contributed by atoms with Crippen LogP contribution in [0.3, 0.4) is 0 Å². The predicted octanol–water partition coefficient (Wildman–Crippen LogP) is 2.34. The molecule has 8 heteroatoms. The molecule has 1 aliphatic heterocycles. The quantitative estimate of drug-likeness (QED) is 0.719. The number of rotatable bonds is 5. The van der Waals surface area contributed by atoms with Crippen LogP contribution in [-0.2, 0) is 14.8 Å². The summed E-state index contributed by atoms with van der Waals surface area (Å²) >= 11 is 0. The van der Waals surface area contributed by atoms with E-state index in [2.05, 4.69) is 17.6 Å². The summed E-state index contributed by atoms with van der Waals surface area (Å²) in [6.45, 7) is 7.77. The maximum Gasteiger partial charge on any atom is 0.238 e. The molecule has 0 aliphatic carbocycles. The van der Waals surface area contributed by atoms with Gasteiger partial charge in [0.2, 0.25) is 15.9 Å². The summed E-state index contributed by atoms with van der Waals surface area (Å²) in [5, 5.41) is 11.4. The van der Waals surface area contributed by atoms with Gasteiger partial charge in [-0.05, 0) is 74.9 Å². The van der Waals surface area contributed by atoms with E-state index >= 15 is 0 Å². The van der Waals surface area contributed by atoms with Crippen LogP contribution >= 0.6 is 12.4 Å². The van der Waals surface area contributed by atoms with Crippen LogP contribution in [-0.4, -0.2) is 27.4 Å². The van der Waals surface area contributed by atoms with Gasteiger partial charge in [-0.2, -0.15) is 0 Å². The average molecular weight is 390 g/mol. The van der Waals surface area contributed by atoms with E-state index in [0.29, 0.717) is 23.9 Å². The minimum atomic E-state index is -3.80. The molecule has 1 saturated heterocycles. The molecule has 1 aromatic carbocycles. The number of primary sulfonamides is 1. The number of sulfonamides is 1. The van der Waals surface area contributed by atoms with Gasteiger partial charge in [-0.1, -0.05) is 6.92 Å². The van der Waals surface area contributed by atoms with E-state index in [1.54, 1.807) is 6.92 Å². The number of carbonyl (C=O) groups excluding carboxylic acids is 1. The molecule has 1 fully saturated rings. The van der Waals surface area contributed by atoms with E-state index in [1.165, 1.54) is 12.1 Å². The summed E-state index contributed by atoms with van der Waals surface area (Å²) < 4.78 is 23.2. The summed E-state index contributed by atoms with van der Waals surface area (Å²) in [5.74, 6) is 0.764. The highest BCUT2D eigenvalue weighted by molar-refractivity contribution is 7.89. The van der Waals surface area contributed by atoms with Crippen molar-refractivity contribution < 1.29 is 13.2 Å². The molecule has 4 N–H and O–H groups in total. The fraction of sp³-hybridized carbons (Fsp3) is 0.588. The molecule has 1 amide bonds. The molecule has 142 valence electrons. The fourth-order valence-electron chi connectivity index (χ4n) is 3.19. The van der Waals surface area contributed by atoms with Crippen molar-refractivity contribution in [2.24, 2.45) is 17.0 Å². The Balaban J connectivity index is 0.00000312. The fourth-order valence-corrected chi connectivity index (χ4v) is 3.82. The number of carbonyl (C=O) groups is 1. The Labute approximate surface area is 156 Å². The highest BCUT2D eigenvalue weighted by Crippen LogP contribution is 2.27. The number of amides is 1. The van der Waals surface area contributed by atoms with E-state index in [9.17, 15) is 13.2 Å². The van der Waals surface area contributed by atoms with Crippen molar-refractivity contribution >= 4 is 34.0 Å². The van der Waals surface area contributed by atoms with E-state index in [0.717, 1.165) is 37.1 Å². The van der Waals surface area contributed by atoms with Gasteiger partial charge in [-0.15, -0.1) is 12.4 Å². The van der Waals surface area contributed by atoms with Crippen molar-refractivity contribution in [2.75, 3.05) is 18.4 Å². The van der Waals surface area contributed by atoms with E-state index in [4.69, 9.17) is 5.14 Å². The molecule has 2 rings (SSSR count). The minimum Gasteiger partial charge on any atom is -0.326 e. The van der Waals surface area contributed by atoms with Gasteiger partial charge < -0.3 is 10.6 Å². The molecule has 1 unspecified atom stereocenters. The Kier molecular flexibility index (Phi) is 7.87. The van der Waals surface area contributed by atoms with Crippen molar-refractivity contribution in [3.05, 3.63) is 23.3 Å². The van der Waals surface area contributed by atoms with Crippen LogP contribution in [0.25, 0.3) is 0 Å². The Morgan fingerprint density at radius 2 is 1.92 bits per heavy atom. The minimum absolute atomic E-state index is 0. The monoisotopic (exact) mass is 389 g/mol. The third kappa shape index (κ3) is 5.95. The van der Waals surface area contributed by atoms with Crippen LogP contribution < -0.4 is 15.8 Å². The summed E-state index contributed by atoms with van der Waals surface area (Å²) in [6, 6.07) is 2.96. The smallest absolute Gasteiger partial charge is 0.238 e. The van der Waals surface area contributed by atoms with Crippen molar-refractivity contribution in [2.45, 2.75) is 44.9 Å². The first-order chi connectivity index (χ1) is 11.2. The first-order valence-electron chi connectivity index (χ1n) is 8.33. The lowest BCUT2D eigenvalue weighted by Gasteiger charge is -2.28. The predicted molar refractivity (Wildman–Crippen MR) is 103 cm³/mol. The Bertz CT molecular complexity index is 716. The zero-order valence-corrected chi connectivity index (χ0v) is 16.6. The summed E-state index contributed by atoms with van der Waals surface area (Å²) in [7, 11) is -3.80. The zero-order chi connectivity index (χ0) is 17.9. The normalized spacial score (nSPS) is 16.8. The van der Waals surface area contributed by atoms with Crippen LogP contribution in [0.5, 0.6) is 0 Å². The van der Waals surface area contributed by atoms with Gasteiger partial charge in [0.15, 0.2) is 0 Å². The van der Waals surface area contributed by atoms with Gasteiger partial charge in [-0.25, -0.2) is 13.6 Å². The first-order valence-corrected chi connectivity index (χ1v) is 9.87. The first kappa shape index (κ1) is 21.9. The molecule has 0 radical (unpaired) electrons. The second kappa shape index (κ2) is 8.98. The van der Waals surface area contributed by atoms with Gasteiger partial charge in [0.05, 0.1) is 4.90 Å². The maximum absolute atomic E-state index is 12.4. The number of benzene rings is 1. The Hall–Kier alpha value is -1.15. The number of nitrogens with two attached hydrogens (primary N) is 1. The third-order valence-electron chi connectivity index (χ3n) is 4.94. The van der Waals surface area contributed by atoms with Gasteiger partial charge in [0, 0.05) is 12.1 Å². The SMILES string of the molecule is Cc1cc(S(N)(=O)=O)cc(NC(=O)CC(C)C2CCNCC2)c1C.Cl. The van der Waals surface area contributed by atoms with Crippen LogP contribution in [0, 0.1) is 25.7 Å².